The molecule has 0 atom stereocenters. The van der Waals surface area contributed by atoms with Crippen molar-refractivity contribution in [3.8, 4) is 0 Å². The number of cyclic esters (lactones) is 2. The molecule has 78 valence electrons. The number of allylic oxidation sites excluding steroid dienone is 1. The van der Waals surface area contributed by atoms with Crippen LogP contribution in [0.4, 0.5) is 0 Å². The molecule has 1 aliphatic heterocycles. The van der Waals surface area contributed by atoms with Crippen LogP contribution >= 0.6 is 0 Å². The maximum absolute atomic E-state index is 11.0. The highest BCUT2D eigenvalue weighted by molar-refractivity contribution is 6.05. The Bertz CT molecular complexity index is 253. The van der Waals surface area contributed by atoms with E-state index in [9.17, 15) is 9.59 Å². The summed E-state index contributed by atoms with van der Waals surface area (Å²) in [5, 5.41) is 0. The van der Waals surface area contributed by atoms with Crippen LogP contribution in [0.5, 0.6) is 0 Å². The molecular formula is C11H16O3. The second-order valence-corrected chi connectivity index (χ2v) is 3.52. The van der Waals surface area contributed by atoms with Crippen LogP contribution in [0.15, 0.2) is 11.6 Å². The van der Waals surface area contributed by atoms with Gasteiger partial charge in [-0.25, -0.2) is 4.79 Å². The summed E-state index contributed by atoms with van der Waals surface area (Å²) in [6.45, 7) is 2.16. The van der Waals surface area contributed by atoms with E-state index in [1.165, 1.54) is 19.3 Å². The molecular weight excluding hydrogens is 180 g/mol. The molecule has 0 radical (unpaired) electrons. The minimum atomic E-state index is -0.453. The Morgan fingerprint density at radius 2 is 2.07 bits per heavy atom. The number of rotatable bonds is 5. The van der Waals surface area contributed by atoms with Gasteiger partial charge in [0.2, 0.25) is 0 Å². The number of hydrogen-bond acceptors (Lipinski definition) is 3. The Hall–Kier alpha value is -1.12. The van der Waals surface area contributed by atoms with Crippen molar-refractivity contribution in [2.24, 2.45) is 0 Å². The fraction of sp³-hybridized carbons (Fsp3) is 0.636. The highest BCUT2D eigenvalue weighted by Gasteiger charge is 2.26. The first kappa shape index (κ1) is 11.0. The maximum Gasteiger partial charge on any atom is 0.341 e. The second kappa shape index (κ2) is 5.58. The van der Waals surface area contributed by atoms with Crippen LogP contribution in [0.2, 0.25) is 0 Å². The summed E-state index contributed by atoms with van der Waals surface area (Å²) >= 11 is 0. The number of hydrogen-bond donors (Lipinski definition) is 0. The third-order valence-corrected chi connectivity index (χ3v) is 2.25. The summed E-state index contributed by atoms with van der Waals surface area (Å²) < 4.78 is 4.41. The predicted octanol–water partition coefficient (Wildman–Crippen LogP) is 2.36. The van der Waals surface area contributed by atoms with Crippen molar-refractivity contribution in [2.75, 3.05) is 0 Å². The van der Waals surface area contributed by atoms with Crippen molar-refractivity contribution in [1.82, 2.24) is 0 Å². The molecule has 0 amide bonds. The molecule has 0 spiro atoms. The summed E-state index contributed by atoms with van der Waals surface area (Å²) in [4.78, 5) is 21.7. The van der Waals surface area contributed by atoms with E-state index in [2.05, 4.69) is 11.7 Å². The minimum Gasteiger partial charge on any atom is -0.389 e. The monoisotopic (exact) mass is 196 g/mol. The van der Waals surface area contributed by atoms with Crippen molar-refractivity contribution in [1.29, 1.82) is 0 Å². The Morgan fingerprint density at radius 3 is 2.64 bits per heavy atom. The van der Waals surface area contributed by atoms with E-state index >= 15 is 0 Å². The van der Waals surface area contributed by atoms with E-state index < -0.39 is 11.9 Å². The fourth-order valence-corrected chi connectivity index (χ4v) is 1.44. The van der Waals surface area contributed by atoms with E-state index in [1.807, 2.05) is 6.08 Å². The zero-order chi connectivity index (χ0) is 10.4. The van der Waals surface area contributed by atoms with Gasteiger partial charge in [0, 0.05) is 5.57 Å². The van der Waals surface area contributed by atoms with Crippen molar-refractivity contribution < 1.29 is 14.3 Å². The molecule has 1 aliphatic rings. The second-order valence-electron chi connectivity index (χ2n) is 3.52. The highest BCUT2D eigenvalue weighted by atomic mass is 16.6. The van der Waals surface area contributed by atoms with Crippen molar-refractivity contribution >= 4 is 11.9 Å². The Kier molecular flexibility index (Phi) is 4.36. The Balaban J connectivity index is 2.24. The van der Waals surface area contributed by atoms with Crippen LogP contribution in [0.3, 0.4) is 0 Å². The molecule has 0 unspecified atom stereocenters. The van der Waals surface area contributed by atoms with Crippen molar-refractivity contribution in [3.05, 3.63) is 11.6 Å². The van der Waals surface area contributed by atoms with Gasteiger partial charge in [-0.05, 0) is 12.8 Å². The van der Waals surface area contributed by atoms with Crippen LogP contribution in [-0.4, -0.2) is 11.9 Å². The van der Waals surface area contributed by atoms with E-state index in [0.29, 0.717) is 5.57 Å². The smallest absolute Gasteiger partial charge is 0.341 e. The van der Waals surface area contributed by atoms with Gasteiger partial charge < -0.3 is 4.74 Å². The zero-order valence-electron chi connectivity index (χ0n) is 8.54. The lowest BCUT2D eigenvalue weighted by Crippen LogP contribution is -1.96. The van der Waals surface area contributed by atoms with Gasteiger partial charge in [-0.1, -0.05) is 32.3 Å². The van der Waals surface area contributed by atoms with Gasteiger partial charge in [0.05, 0.1) is 6.42 Å². The Labute approximate surface area is 84.1 Å². The van der Waals surface area contributed by atoms with E-state index in [4.69, 9.17) is 0 Å². The summed E-state index contributed by atoms with van der Waals surface area (Å²) in [6, 6.07) is 0. The number of carbonyl (C=O) groups is 2. The van der Waals surface area contributed by atoms with Gasteiger partial charge in [0.15, 0.2) is 0 Å². The average molecular weight is 196 g/mol. The van der Waals surface area contributed by atoms with Gasteiger partial charge in [-0.3, -0.25) is 4.79 Å². The van der Waals surface area contributed by atoms with Gasteiger partial charge >= 0.3 is 11.9 Å². The molecule has 0 N–H and O–H groups in total. The molecule has 3 nitrogen and oxygen atoms in total. The van der Waals surface area contributed by atoms with Gasteiger partial charge in [-0.15, -0.1) is 0 Å². The molecule has 0 saturated carbocycles. The molecule has 1 rings (SSSR count). The van der Waals surface area contributed by atoms with E-state index in [0.717, 1.165) is 12.8 Å². The molecule has 0 aromatic rings. The molecule has 0 bridgehead atoms. The number of ether oxygens (including phenoxy) is 1. The van der Waals surface area contributed by atoms with Crippen molar-refractivity contribution in [3.63, 3.8) is 0 Å². The first-order chi connectivity index (χ1) is 6.74. The van der Waals surface area contributed by atoms with Crippen LogP contribution in [0.1, 0.15) is 45.4 Å². The Morgan fingerprint density at radius 1 is 1.29 bits per heavy atom. The molecule has 0 aromatic carbocycles. The van der Waals surface area contributed by atoms with Crippen LogP contribution in [0, 0.1) is 0 Å². The minimum absolute atomic E-state index is 0.159. The first-order valence-electron chi connectivity index (χ1n) is 5.18. The molecule has 1 saturated heterocycles. The molecule has 1 heterocycles. The largest absolute Gasteiger partial charge is 0.389 e. The van der Waals surface area contributed by atoms with Crippen LogP contribution in [-0.2, 0) is 14.3 Å². The van der Waals surface area contributed by atoms with Gasteiger partial charge in [0.1, 0.15) is 0 Å². The lowest BCUT2D eigenvalue weighted by molar-refractivity contribution is -0.151. The van der Waals surface area contributed by atoms with Crippen LogP contribution in [0.25, 0.3) is 0 Å². The van der Waals surface area contributed by atoms with Crippen molar-refractivity contribution in [2.45, 2.75) is 45.4 Å². The first-order valence-corrected chi connectivity index (χ1v) is 5.18. The molecule has 14 heavy (non-hydrogen) atoms. The summed E-state index contributed by atoms with van der Waals surface area (Å²) in [7, 11) is 0. The maximum atomic E-state index is 11.0. The van der Waals surface area contributed by atoms with Crippen LogP contribution < -0.4 is 0 Å². The normalized spacial score (nSPS) is 19.1. The topological polar surface area (TPSA) is 43.4 Å². The molecule has 1 fully saturated rings. The standard InChI is InChI=1S/C11H16O3/c1-2-3-4-5-6-7-9-8-10(12)14-11(9)13/h7H,2-6,8H2,1H3/b9-7-. The molecule has 0 aliphatic carbocycles. The van der Waals surface area contributed by atoms with Gasteiger partial charge in [-0.2, -0.15) is 0 Å². The average Bonchev–Trinajstić information content (AvgIpc) is 2.45. The molecule has 0 aromatic heterocycles. The lowest BCUT2D eigenvalue weighted by Gasteiger charge is -1.94. The number of unbranched alkanes of at least 4 members (excludes halogenated alkanes) is 4. The quantitative estimate of drug-likeness (QED) is 0.293. The summed E-state index contributed by atoms with van der Waals surface area (Å²) in [6.07, 6.45) is 7.57. The zero-order valence-corrected chi connectivity index (χ0v) is 8.54. The summed E-state index contributed by atoms with van der Waals surface area (Å²) in [5.74, 6) is -0.875. The predicted molar refractivity (Wildman–Crippen MR) is 52.6 cm³/mol. The fourth-order valence-electron chi connectivity index (χ4n) is 1.44. The lowest BCUT2D eigenvalue weighted by atomic mass is 10.1. The van der Waals surface area contributed by atoms with Gasteiger partial charge in [0.25, 0.3) is 0 Å². The SMILES string of the molecule is CCCCCC/C=C1/CC(=O)OC1=O. The molecule has 3 heteroatoms. The van der Waals surface area contributed by atoms with E-state index in [1.54, 1.807) is 0 Å². The van der Waals surface area contributed by atoms with E-state index in [-0.39, 0.29) is 6.42 Å². The highest BCUT2D eigenvalue weighted by Crippen LogP contribution is 2.16. The third kappa shape index (κ3) is 3.32. The summed E-state index contributed by atoms with van der Waals surface area (Å²) in [5.41, 5.74) is 0.534. The number of carbonyl (C=O) groups excluding carboxylic acids is 2. The third-order valence-electron chi connectivity index (χ3n) is 2.25. The number of esters is 2.